The van der Waals surface area contributed by atoms with Crippen molar-refractivity contribution in [3.8, 4) is 0 Å². The van der Waals surface area contributed by atoms with Gasteiger partial charge in [0.15, 0.2) is 0 Å². The molecule has 4 nitrogen and oxygen atoms in total. The molecule has 0 saturated heterocycles. The third kappa shape index (κ3) is 3.40. The van der Waals surface area contributed by atoms with Crippen molar-refractivity contribution in [2.45, 2.75) is 25.7 Å². The van der Waals surface area contributed by atoms with E-state index in [4.69, 9.17) is 0 Å². The van der Waals surface area contributed by atoms with Crippen molar-refractivity contribution in [2.24, 2.45) is 5.41 Å². The van der Waals surface area contributed by atoms with Gasteiger partial charge in [0.05, 0.1) is 11.4 Å². The molecule has 1 saturated carbocycles. The summed E-state index contributed by atoms with van der Waals surface area (Å²) in [5.41, 5.74) is 1.65. The third-order valence-electron chi connectivity index (χ3n) is 4.40. The standard InChI is InChI=1S/C17H21NO3S/c1-22(20,21)13-17(9-10-17)12-16(19)18-11-5-4-7-14-6-2-3-8-15(14)18/h2-4,6-8H,5,9-13H2,1H3. The van der Waals surface area contributed by atoms with E-state index in [9.17, 15) is 13.2 Å². The first-order valence-corrected chi connectivity index (χ1v) is 9.68. The lowest BCUT2D eigenvalue weighted by Gasteiger charge is -2.25. The van der Waals surface area contributed by atoms with E-state index in [2.05, 4.69) is 6.08 Å². The molecule has 2 aliphatic rings. The Labute approximate surface area is 131 Å². The summed E-state index contributed by atoms with van der Waals surface area (Å²) in [6.45, 7) is 0.654. The van der Waals surface area contributed by atoms with Crippen LogP contribution >= 0.6 is 0 Å². The molecule has 1 fully saturated rings. The number of amides is 1. The third-order valence-corrected chi connectivity index (χ3v) is 5.53. The van der Waals surface area contributed by atoms with Crippen LogP contribution in [0.2, 0.25) is 0 Å². The Kier molecular flexibility index (Phi) is 3.85. The number of hydrogen-bond donors (Lipinski definition) is 0. The largest absolute Gasteiger partial charge is 0.311 e. The van der Waals surface area contributed by atoms with Gasteiger partial charge in [-0.2, -0.15) is 0 Å². The van der Waals surface area contributed by atoms with E-state index in [0.29, 0.717) is 13.0 Å². The van der Waals surface area contributed by atoms with E-state index in [1.165, 1.54) is 6.26 Å². The Morgan fingerprint density at radius 1 is 1.27 bits per heavy atom. The summed E-state index contributed by atoms with van der Waals surface area (Å²) in [6, 6.07) is 7.85. The van der Waals surface area contributed by atoms with E-state index in [0.717, 1.165) is 30.5 Å². The second kappa shape index (κ2) is 5.54. The molecule has 22 heavy (non-hydrogen) atoms. The van der Waals surface area contributed by atoms with Crippen LogP contribution in [-0.2, 0) is 14.6 Å². The minimum atomic E-state index is -3.05. The molecule has 1 aromatic rings. The highest BCUT2D eigenvalue weighted by Gasteiger charge is 2.47. The average molecular weight is 319 g/mol. The average Bonchev–Trinajstić information content (AvgIpc) is 3.19. The number of carbonyl (C=O) groups excluding carboxylic acids is 1. The van der Waals surface area contributed by atoms with Gasteiger partial charge in [-0.3, -0.25) is 4.79 Å². The monoisotopic (exact) mass is 319 g/mol. The van der Waals surface area contributed by atoms with E-state index < -0.39 is 9.84 Å². The van der Waals surface area contributed by atoms with Gasteiger partial charge in [-0.15, -0.1) is 0 Å². The van der Waals surface area contributed by atoms with Gasteiger partial charge in [0.25, 0.3) is 0 Å². The predicted molar refractivity (Wildman–Crippen MR) is 88.4 cm³/mol. The van der Waals surface area contributed by atoms with E-state index in [1.807, 2.05) is 35.2 Å². The summed E-state index contributed by atoms with van der Waals surface area (Å²) < 4.78 is 23.1. The Hall–Kier alpha value is -1.62. The molecule has 1 heterocycles. The van der Waals surface area contributed by atoms with Gasteiger partial charge < -0.3 is 4.90 Å². The number of para-hydroxylation sites is 1. The molecular formula is C17H21NO3S. The fourth-order valence-electron chi connectivity index (χ4n) is 3.19. The molecule has 3 rings (SSSR count). The SMILES string of the molecule is CS(=O)(=O)CC1(CC(=O)N2CCC=Cc3ccccc32)CC1. The topological polar surface area (TPSA) is 54.5 Å². The van der Waals surface area contributed by atoms with Crippen LogP contribution in [0.1, 0.15) is 31.2 Å². The Morgan fingerprint density at radius 3 is 2.68 bits per heavy atom. The zero-order valence-corrected chi connectivity index (χ0v) is 13.6. The summed E-state index contributed by atoms with van der Waals surface area (Å²) in [6.07, 6.45) is 8.19. The van der Waals surface area contributed by atoms with Crippen LogP contribution in [0.5, 0.6) is 0 Å². The molecule has 0 unspecified atom stereocenters. The Bertz CT molecular complexity index is 717. The number of sulfone groups is 1. The molecule has 0 radical (unpaired) electrons. The van der Waals surface area contributed by atoms with Crippen molar-refractivity contribution < 1.29 is 13.2 Å². The molecule has 1 aliphatic carbocycles. The number of rotatable bonds is 4. The molecule has 0 N–H and O–H groups in total. The highest BCUT2D eigenvalue weighted by Crippen LogP contribution is 2.50. The van der Waals surface area contributed by atoms with Crippen LogP contribution in [-0.4, -0.2) is 32.9 Å². The van der Waals surface area contributed by atoms with Crippen LogP contribution in [0.15, 0.2) is 30.3 Å². The van der Waals surface area contributed by atoms with Crippen molar-refractivity contribution in [2.75, 3.05) is 23.5 Å². The fraction of sp³-hybridized carbons (Fsp3) is 0.471. The number of benzene rings is 1. The van der Waals surface area contributed by atoms with Gasteiger partial charge in [-0.05, 0) is 36.3 Å². The maximum atomic E-state index is 12.8. The van der Waals surface area contributed by atoms with Gasteiger partial charge in [0.2, 0.25) is 5.91 Å². The lowest BCUT2D eigenvalue weighted by Crippen LogP contribution is -2.34. The molecule has 5 heteroatoms. The molecule has 1 amide bonds. The molecule has 0 bridgehead atoms. The van der Waals surface area contributed by atoms with Crippen LogP contribution in [0.4, 0.5) is 5.69 Å². The molecule has 0 atom stereocenters. The number of hydrogen-bond acceptors (Lipinski definition) is 3. The zero-order valence-electron chi connectivity index (χ0n) is 12.8. The number of nitrogens with zero attached hydrogens (tertiary/aromatic N) is 1. The van der Waals surface area contributed by atoms with Crippen LogP contribution in [0.25, 0.3) is 6.08 Å². The predicted octanol–water partition coefficient (Wildman–Crippen LogP) is 2.65. The highest BCUT2D eigenvalue weighted by molar-refractivity contribution is 7.90. The van der Waals surface area contributed by atoms with Crippen molar-refractivity contribution in [1.29, 1.82) is 0 Å². The van der Waals surface area contributed by atoms with Crippen molar-refractivity contribution in [3.05, 3.63) is 35.9 Å². The first-order valence-electron chi connectivity index (χ1n) is 7.62. The molecular weight excluding hydrogens is 298 g/mol. The summed E-state index contributed by atoms with van der Waals surface area (Å²) in [5.74, 6) is 0.164. The highest BCUT2D eigenvalue weighted by atomic mass is 32.2. The minimum Gasteiger partial charge on any atom is -0.311 e. The first kappa shape index (κ1) is 15.3. The van der Waals surface area contributed by atoms with E-state index in [-0.39, 0.29) is 17.1 Å². The summed E-state index contributed by atoms with van der Waals surface area (Å²) in [5, 5.41) is 0. The number of carbonyl (C=O) groups is 1. The maximum Gasteiger partial charge on any atom is 0.227 e. The molecule has 0 aromatic heterocycles. The van der Waals surface area contributed by atoms with E-state index in [1.54, 1.807) is 0 Å². The van der Waals surface area contributed by atoms with Crippen molar-refractivity contribution in [1.82, 2.24) is 0 Å². The molecule has 0 spiro atoms. The van der Waals surface area contributed by atoms with Crippen LogP contribution in [0.3, 0.4) is 0 Å². The van der Waals surface area contributed by atoms with Gasteiger partial charge in [-0.25, -0.2) is 8.42 Å². The van der Waals surface area contributed by atoms with Crippen molar-refractivity contribution >= 4 is 27.5 Å². The quantitative estimate of drug-likeness (QED) is 0.857. The normalized spacial score (nSPS) is 19.4. The van der Waals surface area contributed by atoms with Crippen LogP contribution < -0.4 is 4.90 Å². The lowest BCUT2D eigenvalue weighted by atomic mass is 10.0. The number of anilines is 1. The first-order chi connectivity index (χ1) is 10.4. The number of fused-ring (bicyclic) bond motifs is 1. The smallest absolute Gasteiger partial charge is 0.227 e. The Morgan fingerprint density at radius 2 is 2.00 bits per heavy atom. The second-order valence-corrected chi connectivity index (χ2v) is 8.68. The van der Waals surface area contributed by atoms with Gasteiger partial charge in [-0.1, -0.05) is 30.4 Å². The molecule has 118 valence electrons. The molecule has 1 aromatic carbocycles. The maximum absolute atomic E-state index is 12.8. The zero-order chi connectivity index (χ0) is 15.8. The summed E-state index contributed by atoms with van der Waals surface area (Å²) >= 11 is 0. The Balaban J connectivity index is 1.79. The fourth-order valence-corrected chi connectivity index (χ4v) is 4.69. The van der Waals surface area contributed by atoms with Crippen LogP contribution in [0, 0.1) is 5.41 Å². The van der Waals surface area contributed by atoms with Gasteiger partial charge in [0, 0.05) is 19.2 Å². The summed E-state index contributed by atoms with van der Waals surface area (Å²) in [7, 11) is -3.05. The second-order valence-electron chi connectivity index (χ2n) is 6.54. The summed E-state index contributed by atoms with van der Waals surface area (Å²) in [4.78, 5) is 14.6. The molecule has 1 aliphatic heterocycles. The van der Waals surface area contributed by atoms with Gasteiger partial charge >= 0.3 is 0 Å². The lowest BCUT2D eigenvalue weighted by molar-refractivity contribution is -0.119. The minimum absolute atomic E-state index is 0.0392. The van der Waals surface area contributed by atoms with Gasteiger partial charge in [0.1, 0.15) is 9.84 Å². The van der Waals surface area contributed by atoms with E-state index >= 15 is 0 Å². The van der Waals surface area contributed by atoms with Crippen molar-refractivity contribution in [3.63, 3.8) is 0 Å².